The van der Waals surface area contributed by atoms with Gasteiger partial charge in [-0.15, -0.1) is 0 Å². The molecule has 98 valence electrons. The van der Waals surface area contributed by atoms with Crippen molar-refractivity contribution < 1.29 is 24.1 Å². The van der Waals surface area contributed by atoms with Gasteiger partial charge in [0.2, 0.25) is 0 Å². The van der Waals surface area contributed by atoms with Gasteiger partial charge < -0.3 is 19.3 Å². The molecule has 2 atom stereocenters. The molecule has 1 aromatic carbocycles. The van der Waals surface area contributed by atoms with E-state index >= 15 is 0 Å². The van der Waals surface area contributed by atoms with Crippen LogP contribution in [0.4, 0.5) is 0 Å². The van der Waals surface area contributed by atoms with Gasteiger partial charge in [-0.3, -0.25) is 4.79 Å². The molecule has 0 saturated carbocycles. The summed E-state index contributed by atoms with van der Waals surface area (Å²) in [5.74, 6) is -1.09. The van der Waals surface area contributed by atoms with Crippen LogP contribution in [0.2, 0.25) is 0 Å². The number of rotatable bonds is 4. The van der Waals surface area contributed by atoms with E-state index in [9.17, 15) is 4.79 Å². The lowest BCUT2D eigenvalue weighted by Crippen LogP contribution is -2.24. The van der Waals surface area contributed by atoms with Crippen LogP contribution in [0.5, 0.6) is 5.75 Å². The summed E-state index contributed by atoms with van der Waals surface area (Å²) in [6.45, 7) is 2.06. The third-order valence-corrected chi connectivity index (χ3v) is 2.93. The molecule has 1 heterocycles. The van der Waals surface area contributed by atoms with Gasteiger partial charge in [0.25, 0.3) is 0 Å². The minimum atomic E-state index is -0.908. The second-order valence-electron chi connectivity index (χ2n) is 4.33. The summed E-state index contributed by atoms with van der Waals surface area (Å²) in [4.78, 5) is 10.6. The van der Waals surface area contributed by atoms with E-state index in [1.165, 1.54) is 0 Å². The van der Waals surface area contributed by atoms with Crippen molar-refractivity contribution in [2.24, 2.45) is 0 Å². The van der Waals surface area contributed by atoms with Gasteiger partial charge >= 0.3 is 5.97 Å². The van der Waals surface area contributed by atoms with E-state index in [1.54, 1.807) is 14.0 Å². The number of carboxylic acids is 1. The number of hydrogen-bond acceptors (Lipinski definition) is 4. The van der Waals surface area contributed by atoms with Gasteiger partial charge in [-0.1, -0.05) is 12.1 Å². The molecule has 0 radical (unpaired) electrons. The first-order valence-electron chi connectivity index (χ1n) is 5.71. The molecule has 1 saturated heterocycles. The third kappa shape index (κ3) is 2.63. The molecule has 1 fully saturated rings. The molecule has 5 nitrogen and oxygen atoms in total. The second kappa shape index (κ2) is 4.96. The monoisotopic (exact) mass is 252 g/mol. The van der Waals surface area contributed by atoms with E-state index < -0.39 is 17.9 Å². The minimum absolute atomic E-state index is 0.0560. The maximum Gasteiger partial charge on any atom is 0.306 e. The van der Waals surface area contributed by atoms with Crippen molar-refractivity contribution >= 4 is 5.97 Å². The summed E-state index contributed by atoms with van der Waals surface area (Å²) in [6.07, 6.45) is -0.474. The standard InChI is InChI=1S/C13H16O5/c1-13(9-4-3-5-10(6-9)16-2)17-8-11(18-13)7-12(14)15/h3-6,11H,7-8H2,1-2H3,(H,14,15). The largest absolute Gasteiger partial charge is 0.497 e. The van der Waals surface area contributed by atoms with Gasteiger partial charge in [-0.05, 0) is 19.1 Å². The van der Waals surface area contributed by atoms with Crippen LogP contribution in [0.1, 0.15) is 18.9 Å². The zero-order valence-electron chi connectivity index (χ0n) is 10.4. The van der Waals surface area contributed by atoms with Crippen molar-refractivity contribution in [1.82, 2.24) is 0 Å². The van der Waals surface area contributed by atoms with Crippen molar-refractivity contribution in [3.63, 3.8) is 0 Å². The Morgan fingerprint density at radius 2 is 2.39 bits per heavy atom. The lowest BCUT2D eigenvalue weighted by Gasteiger charge is -2.24. The molecule has 5 heteroatoms. The second-order valence-corrected chi connectivity index (χ2v) is 4.33. The molecular formula is C13H16O5. The highest BCUT2D eigenvalue weighted by molar-refractivity contribution is 5.67. The van der Waals surface area contributed by atoms with Crippen molar-refractivity contribution in [1.29, 1.82) is 0 Å². The normalized spacial score (nSPS) is 27.1. The Balaban J connectivity index is 2.14. The van der Waals surface area contributed by atoms with E-state index in [-0.39, 0.29) is 13.0 Å². The topological polar surface area (TPSA) is 65.0 Å². The Morgan fingerprint density at radius 3 is 3.06 bits per heavy atom. The molecule has 1 aliphatic rings. The van der Waals surface area contributed by atoms with Crippen molar-refractivity contribution in [2.75, 3.05) is 13.7 Å². The molecule has 18 heavy (non-hydrogen) atoms. The molecule has 1 N–H and O–H groups in total. The third-order valence-electron chi connectivity index (χ3n) is 2.93. The summed E-state index contributed by atoms with van der Waals surface area (Å²) in [5.41, 5.74) is 0.815. The zero-order valence-corrected chi connectivity index (χ0v) is 10.4. The van der Waals surface area contributed by atoms with Gasteiger partial charge in [0, 0.05) is 5.56 Å². The van der Waals surface area contributed by atoms with Gasteiger partial charge in [0.1, 0.15) is 5.75 Å². The summed E-state index contributed by atoms with van der Waals surface area (Å²) < 4.78 is 16.4. The average Bonchev–Trinajstić information content (AvgIpc) is 2.71. The SMILES string of the molecule is COc1cccc(C2(C)OCC(CC(=O)O)O2)c1. The van der Waals surface area contributed by atoms with Crippen LogP contribution < -0.4 is 4.74 Å². The molecule has 0 aliphatic carbocycles. The van der Waals surface area contributed by atoms with Gasteiger partial charge in [-0.2, -0.15) is 0 Å². The number of carboxylic acid groups (broad SMARTS) is 1. The summed E-state index contributed by atoms with van der Waals surface area (Å²) >= 11 is 0. The molecule has 2 unspecified atom stereocenters. The summed E-state index contributed by atoms with van der Waals surface area (Å²) in [6, 6.07) is 7.36. The molecule has 1 aromatic rings. The molecular weight excluding hydrogens is 236 g/mol. The molecule has 0 spiro atoms. The van der Waals surface area contributed by atoms with Crippen LogP contribution in [-0.2, 0) is 20.1 Å². The summed E-state index contributed by atoms with van der Waals surface area (Å²) in [5, 5.41) is 8.74. The van der Waals surface area contributed by atoms with Crippen LogP contribution >= 0.6 is 0 Å². The number of benzene rings is 1. The van der Waals surface area contributed by atoms with Crippen molar-refractivity contribution in [3.8, 4) is 5.75 Å². The quantitative estimate of drug-likeness (QED) is 0.884. The van der Waals surface area contributed by atoms with Crippen LogP contribution in [-0.4, -0.2) is 30.9 Å². The summed E-state index contributed by atoms with van der Waals surface area (Å²) in [7, 11) is 1.59. The highest BCUT2D eigenvalue weighted by atomic mass is 16.7. The van der Waals surface area contributed by atoms with Crippen LogP contribution in [0.25, 0.3) is 0 Å². The predicted octanol–water partition coefficient (Wildman–Crippen LogP) is 1.76. The fourth-order valence-electron chi connectivity index (χ4n) is 1.99. The highest BCUT2D eigenvalue weighted by Gasteiger charge is 2.39. The van der Waals surface area contributed by atoms with Crippen LogP contribution in [0.3, 0.4) is 0 Å². The van der Waals surface area contributed by atoms with Gasteiger partial charge in [0.05, 0.1) is 26.2 Å². The fourth-order valence-corrected chi connectivity index (χ4v) is 1.99. The molecule has 1 aliphatic heterocycles. The Hall–Kier alpha value is -1.59. The molecule has 2 rings (SSSR count). The van der Waals surface area contributed by atoms with E-state index in [4.69, 9.17) is 19.3 Å². The Bertz CT molecular complexity index is 445. The van der Waals surface area contributed by atoms with Crippen molar-refractivity contribution in [2.45, 2.75) is 25.2 Å². The van der Waals surface area contributed by atoms with E-state index in [0.717, 1.165) is 5.56 Å². The first-order chi connectivity index (χ1) is 8.53. The average molecular weight is 252 g/mol. The maximum absolute atomic E-state index is 10.6. The molecule has 0 amide bonds. The maximum atomic E-state index is 10.6. The first kappa shape index (κ1) is 12.9. The number of carbonyl (C=O) groups is 1. The molecule has 0 aromatic heterocycles. The smallest absolute Gasteiger partial charge is 0.306 e. The Morgan fingerprint density at radius 1 is 1.61 bits per heavy atom. The number of methoxy groups -OCH3 is 1. The van der Waals surface area contributed by atoms with Crippen LogP contribution in [0, 0.1) is 0 Å². The first-order valence-corrected chi connectivity index (χ1v) is 5.71. The van der Waals surface area contributed by atoms with Crippen LogP contribution in [0.15, 0.2) is 24.3 Å². The van der Waals surface area contributed by atoms with Crippen molar-refractivity contribution in [3.05, 3.63) is 29.8 Å². The Labute approximate surface area is 105 Å². The predicted molar refractivity (Wildman–Crippen MR) is 63.4 cm³/mol. The van der Waals surface area contributed by atoms with E-state index in [2.05, 4.69) is 0 Å². The Kier molecular flexibility index (Phi) is 3.54. The number of hydrogen-bond donors (Lipinski definition) is 1. The van der Waals surface area contributed by atoms with Gasteiger partial charge in [0.15, 0.2) is 5.79 Å². The lowest BCUT2D eigenvalue weighted by molar-refractivity contribution is -0.166. The van der Waals surface area contributed by atoms with Gasteiger partial charge in [-0.25, -0.2) is 0 Å². The lowest BCUT2D eigenvalue weighted by atomic mass is 10.1. The minimum Gasteiger partial charge on any atom is -0.497 e. The highest BCUT2D eigenvalue weighted by Crippen LogP contribution is 2.35. The number of aliphatic carboxylic acids is 1. The number of ether oxygens (including phenoxy) is 3. The molecule has 0 bridgehead atoms. The van der Waals surface area contributed by atoms with E-state index in [0.29, 0.717) is 5.75 Å². The zero-order chi connectivity index (χ0) is 13.2. The van der Waals surface area contributed by atoms with E-state index in [1.807, 2.05) is 24.3 Å². The fraction of sp³-hybridized carbons (Fsp3) is 0.462.